The fourth-order valence-electron chi connectivity index (χ4n) is 0.607. The van der Waals surface area contributed by atoms with E-state index in [9.17, 15) is 0 Å². The normalized spacial score (nSPS) is 7.14. The highest BCUT2D eigenvalue weighted by Crippen LogP contribution is 2.10. The summed E-state index contributed by atoms with van der Waals surface area (Å²) >= 11 is 0. The molecular formula is C11H19N3. The molecule has 0 atom stereocenters. The van der Waals surface area contributed by atoms with Crippen LogP contribution in [0.25, 0.3) is 6.08 Å². The van der Waals surface area contributed by atoms with E-state index in [0.29, 0.717) is 11.5 Å². The van der Waals surface area contributed by atoms with Crippen molar-refractivity contribution in [2.75, 3.05) is 0 Å². The second-order valence-electron chi connectivity index (χ2n) is 1.63. The highest BCUT2D eigenvalue weighted by molar-refractivity contribution is 5.56. The maximum Gasteiger partial charge on any atom is 0.177 e. The van der Waals surface area contributed by atoms with Crippen LogP contribution in [0, 0.1) is 0 Å². The highest BCUT2D eigenvalue weighted by Gasteiger charge is 1.94. The number of hydrogen-bond acceptors (Lipinski definition) is 3. The molecule has 78 valence electrons. The molecule has 1 aromatic rings. The predicted molar refractivity (Wildman–Crippen MR) is 64.0 cm³/mol. The van der Waals surface area contributed by atoms with Gasteiger partial charge >= 0.3 is 0 Å². The molecule has 0 spiro atoms. The summed E-state index contributed by atoms with van der Waals surface area (Å²) in [5.74, 6) is 0.525. The van der Waals surface area contributed by atoms with E-state index in [-0.39, 0.29) is 0 Å². The summed E-state index contributed by atoms with van der Waals surface area (Å²) in [6.45, 7) is 14.9. The number of hydrogen-bond donors (Lipinski definition) is 0. The molecule has 0 amide bonds. The summed E-state index contributed by atoms with van der Waals surface area (Å²) in [6, 6.07) is 0. The van der Waals surface area contributed by atoms with Crippen molar-refractivity contribution < 1.29 is 0 Å². The Morgan fingerprint density at radius 2 is 1.64 bits per heavy atom. The third kappa shape index (κ3) is 5.19. The lowest BCUT2D eigenvalue weighted by molar-refractivity contribution is 1.16. The standard InChI is InChI=1S/C7H7N3.2C2H6/c1-3-6-7(8-2)10-5-4-9-6;2*1-2/h3-5H,1-2H2;2*1-2H3. The van der Waals surface area contributed by atoms with Crippen LogP contribution in [0.3, 0.4) is 0 Å². The molecule has 0 aliphatic rings. The van der Waals surface area contributed by atoms with Crippen LogP contribution >= 0.6 is 0 Å². The van der Waals surface area contributed by atoms with Crippen LogP contribution in [0.1, 0.15) is 33.4 Å². The van der Waals surface area contributed by atoms with E-state index >= 15 is 0 Å². The van der Waals surface area contributed by atoms with Gasteiger partial charge in [-0.1, -0.05) is 34.3 Å². The van der Waals surface area contributed by atoms with Crippen molar-refractivity contribution >= 4 is 18.6 Å². The fraction of sp³-hybridized carbons (Fsp3) is 0.364. The first-order valence-corrected chi connectivity index (χ1v) is 4.78. The SMILES string of the molecule is C=Cc1nccnc1N=C.CC.CC. The minimum Gasteiger partial charge on any atom is -0.251 e. The third-order valence-electron chi connectivity index (χ3n) is 1.05. The van der Waals surface area contributed by atoms with Gasteiger partial charge < -0.3 is 0 Å². The Labute approximate surface area is 86.6 Å². The summed E-state index contributed by atoms with van der Waals surface area (Å²) in [4.78, 5) is 11.5. The van der Waals surface area contributed by atoms with Crippen molar-refractivity contribution in [2.45, 2.75) is 27.7 Å². The number of aliphatic imine (C=N–C) groups is 1. The monoisotopic (exact) mass is 193 g/mol. The van der Waals surface area contributed by atoms with Gasteiger partial charge in [-0.25, -0.2) is 9.98 Å². The summed E-state index contributed by atoms with van der Waals surface area (Å²) in [6.07, 6.45) is 4.75. The third-order valence-corrected chi connectivity index (χ3v) is 1.05. The van der Waals surface area contributed by atoms with Gasteiger partial charge in [0.2, 0.25) is 0 Å². The summed E-state index contributed by atoms with van der Waals surface area (Å²) in [5, 5.41) is 0. The minimum atomic E-state index is 0.525. The molecule has 0 bridgehead atoms. The van der Waals surface area contributed by atoms with Gasteiger partial charge in [-0.2, -0.15) is 0 Å². The smallest absolute Gasteiger partial charge is 0.177 e. The number of aromatic nitrogens is 2. The predicted octanol–water partition coefficient (Wildman–Crippen LogP) is 3.50. The van der Waals surface area contributed by atoms with E-state index in [4.69, 9.17) is 0 Å². The molecule has 3 nitrogen and oxygen atoms in total. The molecule has 0 fully saturated rings. The van der Waals surface area contributed by atoms with Crippen molar-refractivity contribution in [1.82, 2.24) is 9.97 Å². The zero-order chi connectivity index (χ0) is 11.4. The highest BCUT2D eigenvalue weighted by atomic mass is 14.9. The van der Waals surface area contributed by atoms with E-state index in [0.717, 1.165) is 0 Å². The fourth-order valence-corrected chi connectivity index (χ4v) is 0.607. The van der Waals surface area contributed by atoms with E-state index in [1.54, 1.807) is 18.5 Å². The number of rotatable bonds is 2. The Morgan fingerprint density at radius 1 is 1.14 bits per heavy atom. The van der Waals surface area contributed by atoms with Crippen LogP contribution in [0.5, 0.6) is 0 Å². The molecular weight excluding hydrogens is 174 g/mol. The Bertz CT molecular complexity index is 229. The molecule has 1 rings (SSSR count). The van der Waals surface area contributed by atoms with Gasteiger partial charge in [0.15, 0.2) is 5.82 Å². The minimum absolute atomic E-state index is 0.525. The van der Waals surface area contributed by atoms with Crippen LogP contribution in [0.4, 0.5) is 5.82 Å². The maximum absolute atomic E-state index is 3.95. The van der Waals surface area contributed by atoms with E-state index in [1.165, 1.54) is 0 Å². The van der Waals surface area contributed by atoms with Gasteiger partial charge in [0.25, 0.3) is 0 Å². The van der Waals surface area contributed by atoms with Crippen molar-refractivity contribution in [2.24, 2.45) is 4.99 Å². The summed E-state index contributed by atoms with van der Waals surface area (Å²) in [7, 11) is 0. The lowest BCUT2D eigenvalue weighted by Gasteiger charge is -1.93. The van der Waals surface area contributed by atoms with Crippen molar-refractivity contribution in [3.05, 3.63) is 24.7 Å². The van der Waals surface area contributed by atoms with Gasteiger partial charge in [-0.15, -0.1) is 0 Å². The molecule has 0 aliphatic heterocycles. The Kier molecular flexibility index (Phi) is 12.3. The molecule has 1 aromatic heterocycles. The average molecular weight is 193 g/mol. The first-order chi connectivity index (χ1) is 6.88. The molecule has 0 unspecified atom stereocenters. The largest absolute Gasteiger partial charge is 0.251 e. The Hall–Kier alpha value is -1.51. The molecule has 0 N–H and O–H groups in total. The molecule has 0 aromatic carbocycles. The lowest BCUT2D eigenvalue weighted by Crippen LogP contribution is -1.82. The summed E-state index contributed by atoms with van der Waals surface area (Å²) in [5.41, 5.74) is 0.664. The zero-order valence-corrected chi connectivity index (χ0v) is 9.49. The van der Waals surface area contributed by atoms with Crippen LogP contribution in [-0.4, -0.2) is 16.7 Å². The molecule has 14 heavy (non-hydrogen) atoms. The first kappa shape index (κ1) is 15.0. The van der Waals surface area contributed by atoms with E-state index in [1.807, 2.05) is 27.7 Å². The van der Waals surface area contributed by atoms with Crippen LogP contribution in [0.2, 0.25) is 0 Å². The van der Waals surface area contributed by atoms with Crippen LogP contribution < -0.4 is 0 Å². The molecule has 3 heteroatoms. The molecule has 0 saturated carbocycles. The van der Waals surface area contributed by atoms with E-state index < -0.39 is 0 Å². The maximum atomic E-state index is 3.95. The van der Waals surface area contributed by atoms with Gasteiger partial charge in [0, 0.05) is 12.4 Å². The second-order valence-corrected chi connectivity index (χ2v) is 1.63. The average Bonchev–Trinajstić information content (AvgIpc) is 2.34. The van der Waals surface area contributed by atoms with Gasteiger partial charge in [0.1, 0.15) is 5.69 Å². The van der Waals surface area contributed by atoms with Crippen molar-refractivity contribution in [3.8, 4) is 0 Å². The van der Waals surface area contributed by atoms with Crippen LogP contribution in [0.15, 0.2) is 24.0 Å². The molecule has 0 saturated heterocycles. The lowest BCUT2D eigenvalue weighted by atomic mass is 10.4. The molecule has 0 aliphatic carbocycles. The van der Waals surface area contributed by atoms with Crippen molar-refractivity contribution in [1.29, 1.82) is 0 Å². The number of nitrogens with zero attached hydrogens (tertiary/aromatic N) is 3. The quantitative estimate of drug-likeness (QED) is 0.674. The van der Waals surface area contributed by atoms with Gasteiger partial charge in [-0.3, -0.25) is 4.98 Å². The van der Waals surface area contributed by atoms with Crippen molar-refractivity contribution in [3.63, 3.8) is 0 Å². The Morgan fingerprint density at radius 3 is 2.00 bits per heavy atom. The molecule has 0 radical (unpaired) electrons. The van der Waals surface area contributed by atoms with Gasteiger partial charge in [0.05, 0.1) is 0 Å². The van der Waals surface area contributed by atoms with Gasteiger partial charge in [-0.05, 0) is 12.8 Å². The first-order valence-electron chi connectivity index (χ1n) is 4.78. The topological polar surface area (TPSA) is 38.1 Å². The second kappa shape index (κ2) is 11.5. The zero-order valence-electron chi connectivity index (χ0n) is 9.49. The van der Waals surface area contributed by atoms with Crippen LogP contribution in [-0.2, 0) is 0 Å². The molecule has 1 heterocycles. The van der Waals surface area contributed by atoms with E-state index in [2.05, 4.69) is 28.3 Å². The Balaban J connectivity index is 0. The summed E-state index contributed by atoms with van der Waals surface area (Å²) < 4.78 is 0.